The molecule has 5 saturated carbocycles. The third-order valence-corrected chi connectivity index (χ3v) is 17.6. The lowest BCUT2D eigenvalue weighted by Gasteiger charge is -2.63. The Morgan fingerprint density at radius 3 is 2.06 bits per heavy atom. The lowest BCUT2D eigenvalue weighted by Crippen LogP contribution is -2.62. The first kappa shape index (κ1) is 38.0. The molecule has 9 fully saturated rings. The largest absolute Gasteiger partial charge is 0.388 e. The molecular formula is C40H64O13. The number of aliphatic hydroxyl groups is 7. The Balaban J connectivity index is 0.941. The monoisotopic (exact) mass is 752 g/mol. The summed E-state index contributed by atoms with van der Waals surface area (Å²) >= 11 is 0. The van der Waals surface area contributed by atoms with Gasteiger partial charge in [0, 0.05) is 11.3 Å². The minimum absolute atomic E-state index is 0.0294. The zero-order valence-corrected chi connectivity index (χ0v) is 32.4. The molecule has 0 unspecified atom stereocenters. The van der Waals surface area contributed by atoms with Crippen molar-refractivity contribution in [1.29, 1.82) is 0 Å². The molecule has 302 valence electrons. The van der Waals surface area contributed by atoms with E-state index < -0.39 is 78.2 Å². The summed E-state index contributed by atoms with van der Waals surface area (Å²) in [6.07, 6.45) is -4.62. The summed E-state index contributed by atoms with van der Waals surface area (Å²) < 4.78 is 37.4. The summed E-state index contributed by atoms with van der Waals surface area (Å²) in [6.45, 7) is 14.7. The van der Waals surface area contributed by atoms with Gasteiger partial charge in [-0.3, -0.25) is 0 Å². The van der Waals surface area contributed by atoms with Crippen molar-refractivity contribution in [1.82, 2.24) is 0 Å². The third-order valence-electron chi connectivity index (χ3n) is 17.6. The average molecular weight is 753 g/mol. The second-order valence-corrected chi connectivity index (χ2v) is 20.6. The van der Waals surface area contributed by atoms with Crippen LogP contribution in [0.3, 0.4) is 0 Å². The quantitative estimate of drug-likeness (QED) is 0.200. The predicted octanol–water partition coefficient (Wildman–Crippen LogP) is 1.58. The molecule has 9 rings (SSSR count). The Bertz CT molecular complexity index is 1460. The standard InChI is InChI=1S/C40H64O13/c1-18-14-21-30(35(4,5)47)53-40(52-21)29(18)36(6)12-13-39-17-38(39)11-10-24(34(2,3)22(38)8-9-23(39)37(36,7)33(40)46)50-32-27(45)28(20(42)16-49-32)51-31-26(44)25(43)19(41)15-48-31/h18-33,41-47H,8-17H2,1-7H3/t18-,19-,20-,21-,22+,23+,24+,25+,26-,27-,28+,29-,30-,31+,32+,33-,36-,37-,38-,39+,40+/m1/s1. The summed E-state index contributed by atoms with van der Waals surface area (Å²) in [6, 6.07) is 0. The van der Waals surface area contributed by atoms with E-state index in [2.05, 4.69) is 34.6 Å². The molecule has 9 aliphatic rings. The van der Waals surface area contributed by atoms with Gasteiger partial charge in [-0.2, -0.15) is 0 Å². The second-order valence-electron chi connectivity index (χ2n) is 20.6. The highest BCUT2D eigenvalue weighted by atomic mass is 16.8. The van der Waals surface area contributed by atoms with Crippen LogP contribution in [-0.2, 0) is 28.4 Å². The Hall–Kier alpha value is -0.520. The fraction of sp³-hybridized carbons (Fsp3) is 1.00. The van der Waals surface area contributed by atoms with Gasteiger partial charge in [0.2, 0.25) is 0 Å². The van der Waals surface area contributed by atoms with Gasteiger partial charge in [-0.15, -0.1) is 0 Å². The number of rotatable bonds is 5. The lowest BCUT2D eigenvalue weighted by molar-refractivity contribution is -0.345. The summed E-state index contributed by atoms with van der Waals surface area (Å²) in [5.74, 6) is -0.148. The normalized spacial score (nSPS) is 61.0. The van der Waals surface area contributed by atoms with Gasteiger partial charge < -0.3 is 64.2 Å². The van der Waals surface area contributed by atoms with Crippen LogP contribution in [0.15, 0.2) is 0 Å². The molecule has 2 bridgehead atoms. The molecule has 3 spiro atoms. The van der Waals surface area contributed by atoms with Crippen molar-refractivity contribution in [2.24, 2.45) is 50.7 Å². The van der Waals surface area contributed by atoms with Crippen molar-refractivity contribution in [3.05, 3.63) is 0 Å². The van der Waals surface area contributed by atoms with E-state index in [1.54, 1.807) is 13.8 Å². The third kappa shape index (κ3) is 4.72. The van der Waals surface area contributed by atoms with Crippen LogP contribution in [0.25, 0.3) is 0 Å². The van der Waals surface area contributed by atoms with Gasteiger partial charge in [0.15, 0.2) is 18.4 Å². The van der Waals surface area contributed by atoms with Crippen LogP contribution < -0.4 is 0 Å². The Morgan fingerprint density at radius 2 is 1.36 bits per heavy atom. The molecule has 5 aliphatic carbocycles. The van der Waals surface area contributed by atoms with Crippen LogP contribution in [0.4, 0.5) is 0 Å². The van der Waals surface area contributed by atoms with E-state index in [0.29, 0.717) is 11.8 Å². The first-order valence-electron chi connectivity index (χ1n) is 20.4. The van der Waals surface area contributed by atoms with Crippen LogP contribution in [0.2, 0.25) is 0 Å². The topological polar surface area (TPSA) is 197 Å². The number of aliphatic hydroxyl groups excluding tert-OH is 6. The van der Waals surface area contributed by atoms with E-state index >= 15 is 0 Å². The zero-order chi connectivity index (χ0) is 38.1. The molecular weight excluding hydrogens is 688 g/mol. The maximum Gasteiger partial charge on any atom is 0.199 e. The van der Waals surface area contributed by atoms with Gasteiger partial charge in [0.05, 0.1) is 31.0 Å². The average Bonchev–Trinajstić information content (AvgIpc) is 3.60. The fourth-order valence-corrected chi connectivity index (χ4v) is 15.2. The van der Waals surface area contributed by atoms with Gasteiger partial charge >= 0.3 is 0 Å². The maximum atomic E-state index is 12.8. The summed E-state index contributed by atoms with van der Waals surface area (Å²) in [4.78, 5) is 0. The smallest absolute Gasteiger partial charge is 0.199 e. The Kier molecular flexibility index (Phi) is 8.46. The van der Waals surface area contributed by atoms with Crippen molar-refractivity contribution in [2.75, 3.05) is 13.2 Å². The van der Waals surface area contributed by atoms with E-state index in [4.69, 9.17) is 28.4 Å². The van der Waals surface area contributed by atoms with E-state index in [9.17, 15) is 35.7 Å². The molecule has 4 heterocycles. The highest BCUT2D eigenvalue weighted by Crippen LogP contribution is 2.90. The molecule has 0 aromatic heterocycles. The molecule has 7 N–H and O–H groups in total. The molecule has 13 nitrogen and oxygen atoms in total. The van der Waals surface area contributed by atoms with E-state index in [-0.39, 0.29) is 58.9 Å². The van der Waals surface area contributed by atoms with E-state index in [1.807, 2.05) is 0 Å². The van der Waals surface area contributed by atoms with Crippen LogP contribution in [0, 0.1) is 50.7 Å². The van der Waals surface area contributed by atoms with Crippen molar-refractivity contribution in [2.45, 2.75) is 185 Å². The number of ether oxygens (including phenoxy) is 6. The van der Waals surface area contributed by atoms with Crippen molar-refractivity contribution in [3.8, 4) is 0 Å². The number of fused-ring (bicyclic) bond motifs is 4. The second kappa shape index (κ2) is 11.8. The lowest BCUT2D eigenvalue weighted by atomic mass is 9.41. The molecule has 13 heteroatoms. The van der Waals surface area contributed by atoms with Gasteiger partial charge in [0.1, 0.15) is 48.8 Å². The van der Waals surface area contributed by atoms with Gasteiger partial charge in [-0.05, 0) is 105 Å². The minimum Gasteiger partial charge on any atom is -0.388 e. The molecule has 0 amide bonds. The van der Waals surface area contributed by atoms with Crippen molar-refractivity contribution >= 4 is 0 Å². The molecule has 0 aromatic rings. The molecule has 4 aliphatic heterocycles. The van der Waals surface area contributed by atoms with Crippen molar-refractivity contribution < 1.29 is 64.2 Å². The highest BCUT2D eigenvalue weighted by Gasteiger charge is 2.88. The van der Waals surface area contributed by atoms with E-state index in [0.717, 1.165) is 51.4 Å². The molecule has 4 saturated heterocycles. The molecule has 21 atom stereocenters. The fourth-order valence-electron chi connectivity index (χ4n) is 15.2. The van der Waals surface area contributed by atoms with Crippen molar-refractivity contribution in [3.63, 3.8) is 0 Å². The minimum atomic E-state index is -1.56. The first-order valence-corrected chi connectivity index (χ1v) is 20.4. The number of hydrogen-bond donors (Lipinski definition) is 7. The highest BCUT2D eigenvalue weighted by molar-refractivity contribution is 5.34. The molecule has 0 radical (unpaired) electrons. The SMILES string of the molecule is C[C@@H]1C[C@H]2O[C@@]3(O[C@H]2C(C)(C)O)[C@H](O)[C@@]2(C)[C@@H]4CC[C@H]5C(C)(C)[C@@H](O[C@@H]6OC[C@@H](O)[C@H](O[C@@H]7OC[C@@H](O)[C@H](O)[C@H]7O)[C@H]6O)CC[C@@]56C[C@@]46CC[C@]2(C)[C@@H]13. The summed E-state index contributed by atoms with van der Waals surface area (Å²) in [5, 5.41) is 76.5. The Labute approximate surface area is 312 Å². The van der Waals surface area contributed by atoms with E-state index in [1.165, 1.54) is 0 Å². The summed E-state index contributed by atoms with van der Waals surface area (Å²) in [5.41, 5.74) is -1.77. The first-order chi connectivity index (χ1) is 24.7. The summed E-state index contributed by atoms with van der Waals surface area (Å²) in [7, 11) is 0. The van der Waals surface area contributed by atoms with Crippen LogP contribution >= 0.6 is 0 Å². The van der Waals surface area contributed by atoms with Crippen LogP contribution in [0.1, 0.15) is 99.8 Å². The van der Waals surface area contributed by atoms with Gasteiger partial charge in [-0.25, -0.2) is 0 Å². The predicted molar refractivity (Wildman–Crippen MR) is 185 cm³/mol. The van der Waals surface area contributed by atoms with Gasteiger partial charge in [0.25, 0.3) is 0 Å². The number of hydrogen-bond acceptors (Lipinski definition) is 13. The molecule has 0 aromatic carbocycles. The maximum absolute atomic E-state index is 12.8. The van der Waals surface area contributed by atoms with Crippen LogP contribution in [0.5, 0.6) is 0 Å². The Morgan fingerprint density at radius 1 is 0.717 bits per heavy atom. The van der Waals surface area contributed by atoms with Gasteiger partial charge in [-0.1, -0.05) is 34.6 Å². The van der Waals surface area contributed by atoms with Crippen LogP contribution in [-0.4, -0.2) is 134 Å². The molecule has 53 heavy (non-hydrogen) atoms. The zero-order valence-electron chi connectivity index (χ0n) is 32.4.